The van der Waals surface area contributed by atoms with E-state index in [1.807, 2.05) is 24.1 Å². The summed E-state index contributed by atoms with van der Waals surface area (Å²) in [6.45, 7) is 0.968. The molecule has 142 valence electrons. The van der Waals surface area contributed by atoms with E-state index in [-0.39, 0.29) is 18.4 Å². The lowest BCUT2D eigenvalue weighted by atomic mass is 10.2. The lowest BCUT2D eigenvalue weighted by molar-refractivity contribution is 0.102. The van der Waals surface area contributed by atoms with Gasteiger partial charge in [-0.25, -0.2) is 0 Å². The number of hydrogen-bond donors (Lipinski definition) is 1. The highest BCUT2D eigenvalue weighted by Gasteiger charge is 2.15. The molecule has 0 aliphatic carbocycles. The summed E-state index contributed by atoms with van der Waals surface area (Å²) in [5, 5.41) is 11.0. The van der Waals surface area contributed by atoms with Crippen molar-refractivity contribution in [2.45, 2.75) is 6.42 Å². The number of carbonyl (C=O) groups excluding carboxylic acids is 1. The lowest BCUT2D eigenvalue weighted by Gasteiger charge is -2.17. The number of aromatic nitrogens is 3. The van der Waals surface area contributed by atoms with Crippen LogP contribution in [0.5, 0.6) is 11.5 Å². The largest absolute Gasteiger partial charge is 0.454 e. The van der Waals surface area contributed by atoms with Gasteiger partial charge in [0, 0.05) is 37.7 Å². The van der Waals surface area contributed by atoms with Crippen LogP contribution in [0.15, 0.2) is 54.9 Å². The van der Waals surface area contributed by atoms with E-state index in [1.165, 1.54) is 5.56 Å². The van der Waals surface area contributed by atoms with Gasteiger partial charge in [-0.2, -0.15) is 0 Å². The molecule has 0 saturated carbocycles. The molecule has 0 bridgehead atoms. The molecule has 0 saturated heterocycles. The number of nitrogens with one attached hydrogen (secondary N) is 1. The third-order valence-electron chi connectivity index (χ3n) is 4.39. The van der Waals surface area contributed by atoms with Crippen molar-refractivity contribution in [3.05, 3.63) is 66.1 Å². The molecule has 8 nitrogen and oxygen atoms in total. The normalized spacial score (nSPS) is 11.9. The SMILES string of the molecule is CN(CCc1ccncc1)c1ccc(C(=O)Nc2ccc3c(c2)OCO3)nn1. The van der Waals surface area contributed by atoms with Gasteiger partial charge in [-0.05, 0) is 48.4 Å². The summed E-state index contributed by atoms with van der Waals surface area (Å²) in [5.41, 5.74) is 2.05. The Morgan fingerprint density at radius 1 is 1.07 bits per heavy atom. The van der Waals surface area contributed by atoms with Crippen molar-refractivity contribution in [3.8, 4) is 11.5 Å². The first-order valence-electron chi connectivity index (χ1n) is 8.84. The summed E-state index contributed by atoms with van der Waals surface area (Å²) in [5.74, 6) is 1.64. The molecule has 1 aliphatic heterocycles. The first kappa shape index (κ1) is 17.7. The number of pyridine rings is 1. The Balaban J connectivity index is 1.36. The van der Waals surface area contributed by atoms with Crippen molar-refractivity contribution < 1.29 is 14.3 Å². The number of ether oxygens (including phenoxy) is 2. The fraction of sp³-hybridized carbons (Fsp3) is 0.200. The molecular formula is C20H19N5O3. The van der Waals surface area contributed by atoms with Crippen LogP contribution in [0.1, 0.15) is 16.1 Å². The maximum Gasteiger partial charge on any atom is 0.276 e. The van der Waals surface area contributed by atoms with E-state index in [0.717, 1.165) is 13.0 Å². The number of fused-ring (bicyclic) bond motifs is 1. The minimum atomic E-state index is -0.336. The van der Waals surface area contributed by atoms with Gasteiger partial charge in [0.05, 0.1) is 0 Å². The van der Waals surface area contributed by atoms with Crippen LogP contribution in [0.4, 0.5) is 11.5 Å². The van der Waals surface area contributed by atoms with Crippen LogP contribution in [-0.4, -0.2) is 41.5 Å². The number of hydrogen-bond acceptors (Lipinski definition) is 7. The molecule has 0 fully saturated rings. The summed E-state index contributed by atoms with van der Waals surface area (Å²) in [6, 6.07) is 12.6. The van der Waals surface area contributed by atoms with Crippen molar-refractivity contribution in [3.63, 3.8) is 0 Å². The number of likely N-dealkylation sites (N-methyl/N-ethyl adjacent to an activating group) is 1. The topological polar surface area (TPSA) is 89.5 Å². The van der Waals surface area contributed by atoms with Gasteiger partial charge in [-0.1, -0.05) is 0 Å². The number of nitrogens with zero attached hydrogens (tertiary/aromatic N) is 4. The Bertz CT molecular complexity index is 963. The monoisotopic (exact) mass is 377 g/mol. The van der Waals surface area contributed by atoms with Gasteiger partial charge in [-0.15, -0.1) is 10.2 Å². The van der Waals surface area contributed by atoms with Crippen LogP contribution in [0, 0.1) is 0 Å². The molecule has 0 spiro atoms. The van der Waals surface area contributed by atoms with E-state index in [4.69, 9.17) is 9.47 Å². The number of rotatable bonds is 6. The molecule has 1 N–H and O–H groups in total. The standard InChI is InChI=1S/C20H19N5O3/c1-25(11-8-14-6-9-21-10-7-14)19-5-3-16(23-24-19)20(26)22-15-2-4-17-18(12-15)28-13-27-17/h2-7,9-10,12H,8,11,13H2,1H3,(H,22,26). The summed E-state index contributed by atoms with van der Waals surface area (Å²) in [6.07, 6.45) is 4.43. The zero-order valence-corrected chi connectivity index (χ0v) is 15.3. The van der Waals surface area contributed by atoms with E-state index in [2.05, 4.69) is 20.5 Å². The minimum absolute atomic E-state index is 0.189. The Kier molecular flexibility index (Phi) is 5.01. The molecule has 3 heterocycles. The van der Waals surface area contributed by atoms with E-state index in [1.54, 1.807) is 42.7 Å². The molecule has 1 aliphatic rings. The fourth-order valence-electron chi connectivity index (χ4n) is 2.78. The average Bonchev–Trinajstić information content (AvgIpc) is 3.21. The average molecular weight is 377 g/mol. The molecule has 28 heavy (non-hydrogen) atoms. The van der Waals surface area contributed by atoms with Crippen molar-refractivity contribution in [2.24, 2.45) is 0 Å². The van der Waals surface area contributed by atoms with Gasteiger partial charge in [-0.3, -0.25) is 9.78 Å². The zero-order valence-electron chi connectivity index (χ0n) is 15.3. The van der Waals surface area contributed by atoms with E-state index in [9.17, 15) is 4.79 Å². The minimum Gasteiger partial charge on any atom is -0.454 e. The maximum absolute atomic E-state index is 12.4. The Morgan fingerprint density at radius 2 is 1.89 bits per heavy atom. The van der Waals surface area contributed by atoms with Crippen LogP contribution >= 0.6 is 0 Å². The predicted octanol–water partition coefficient (Wildman–Crippen LogP) is 2.53. The van der Waals surface area contributed by atoms with Gasteiger partial charge < -0.3 is 19.7 Å². The Hall–Kier alpha value is -3.68. The molecule has 0 atom stereocenters. The highest BCUT2D eigenvalue weighted by Crippen LogP contribution is 2.34. The van der Waals surface area contributed by atoms with Crippen LogP contribution in [-0.2, 0) is 6.42 Å². The van der Waals surface area contributed by atoms with Gasteiger partial charge in [0.25, 0.3) is 5.91 Å². The second-order valence-corrected chi connectivity index (χ2v) is 6.33. The second-order valence-electron chi connectivity index (χ2n) is 6.33. The Labute approximate surface area is 162 Å². The summed E-state index contributed by atoms with van der Waals surface area (Å²) in [4.78, 5) is 18.4. The van der Waals surface area contributed by atoms with Crippen LogP contribution in [0.2, 0.25) is 0 Å². The fourth-order valence-corrected chi connectivity index (χ4v) is 2.78. The number of amides is 1. The van der Waals surface area contributed by atoms with Gasteiger partial charge in [0.1, 0.15) is 0 Å². The van der Waals surface area contributed by atoms with E-state index in [0.29, 0.717) is 23.0 Å². The van der Waals surface area contributed by atoms with Gasteiger partial charge in [0.15, 0.2) is 23.0 Å². The number of benzene rings is 1. The van der Waals surface area contributed by atoms with Crippen molar-refractivity contribution in [2.75, 3.05) is 30.6 Å². The van der Waals surface area contributed by atoms with Crippen LogP contribution < -0.4 is 19.7 Å². The zero-order chi connectivity index (χ0) is 19.3. The third-order valence-corrected chi connectivity index (χ3v) is 4.39. The highest BCUT2D eigenvalue weighted by atomic mass is 16.7. The second kappa shape index (κ2) is 7.91. The first-order valence-corrected chi connectivity index (χ1v) is 8.84. The first-order chi connectivity index (χ1) is 13.7. The third kappa shape index (κ3) is 4.01. The molecule has 0 radical (unpaired) electrons. The van der Waals surface area contributed by atoms with Gasteiger partial charge in [0.2, 0.25) is 6.79 Å². The predicted molar refractivity (Wildman–Crippen MR) is 104 cm³/mol. The molecule has 0 unspecified atom stereocenters. The van der Waals surface area contributed by atoms with Crippen molar-refractivity contribution in [1.82, 2.24) is 15.2 Å². The summed E-state index contributed by atoms with van der Waals surface area (Å²) in [7, 11) is 1.94. The quantitative estimate of drug-likeness (QED) is 0.706. The molecular weight excluding hydrogens is 358 g/mol. The molecule has 2 aromatic heterocycles. The lowest BCUT2D eigenvalue weighted by Crippen LogP contribution is -2.22. The van der Waals surface area contributed by atoms with E-state index < -0.39 is 0 Å². The summed E-state index contributed by atoms with van der Waals surface area (Å²) < 4.78 is 10.6. The van der Waals surface area contributed by atoms with Crippen molar-refractivity contribution >= 4 is 17.4 Å². The van der Waals surface area contributed by atoms with Crippen molar-refractivity contribution in [1.29, 1.82) is 0 Å². The smallest absolute Gasteiger partial charge is 0.276 e. The Morgan fingerprint density at radius 3 is 2.68 bits per heavy atom. The number of anilines is 2. The van der Waals surface area contributed by atoms with E-state index >= 15 is 0 Å². The molecule has 8 heteroatoms. The molecule has 4 rings (SSSR count). The highest BCUT2D eigenvalue weighted by molar-refractivity contribution is 6.03. The summed E-state index contributed by atoms with van der Waals surface area (Å²) >= 11 is 0. The van der Waals surface area contributed by atoms with Crippen LogP contribution in [0.3, 0.4) is 0 Å². The molecule has 3 aromatic rings. The molecule has 1 aromatic carbocycles. The number of carbonyl (C=O) groups is 1. The maximum atomic E-state index is 12.4. The molecule has 1 amide bonds. The van der Waals surface area contributed by atoms with Crippen LogP contribution in [0.25, 0.3) is 0 Å². The van der Waals surface area contributed by atoms with Gasteiger partial charge >= 0.3 is 0 Å².